The summed E-state index contributed by atoms with van der Waals surface area (Å²) in [6.07, 6.45) is 2.13. The number of rotatable bonds is 2. The van der Waals surface area contributed by atoms with Crippen molar-refractivity contribution in [1.29, 1.82) is 0 Å². The minimum absolute atomic E-state index is 0.123. The Hall–Kier alpha value is -5.13. The number of fused-ring (bicyclic) bond motifs is 6. The van der Waals surface area contributed by atoms with Gasteiger partial charge in [-0.15, -0.1) is 0 Å². The number of aromatic nitrogens is 2. The van der Waals surface area contributed by atoms with Gasteiger partial charge >= 0.3 is 0 Å². The zero-order valence-electron chi connectivity index (χ0n) is 25.0. The number of aryl methyl sites for hydroxylation is 2. The van der Waals surface area contributed by atoms with Gasteiger partial charge in [0, 0.05) is 51.2 Å². The molecule has 0 aliphatic carbocycles. The number of hydrogen-bond acceptors (Lipinski definition) is 7. The summed E-state index contributed by atoms with van der Waals surface area (Å²) >= 11 is 0. The molecule has 0 saturated carbocycles. The van der Waals surface area contributed by atoms with Gasteiger partial charge in [0.05, 0.1) is 30.5 Å². The maximum absolute atomic E-state index is 14.6. The zero-order chi connectivity index (χ0) is 31.5. The van der Waals surface area contributed by atoms with E-state index in [-0.39, 0.29) is 43.7 Å². The lowest BCUT2D eigenvalue weighted by molar-refractivity contribution is -0.125. The van der Waals surface area contributed by atoms with Gasteiger partial charge in [-0.25, -0.2) is 9.37 Å². The van der Waals surface area contributed by atoms with E-state index < -0.39 is 23.9 Å². The SMILES string of the molecule is COc1ccc2cc1OCC(=O)N[C@@H]1CN(C(=O)c3ccc4c(c3)ncn4C)CC[C@H]1Oc1cc(F)cc(c1)CNC(=O)CC2. The molecule has 4 bridgehead atoms. The first-order valence-corrected chi connectivity index (χ1v) is 14.8. The number of likely N-dealkylation sites (tertiary alicyclic amines) is 1. The van der Waals surface area contributed by atoms with Crippen molar-refractivity contribution in [1.82, 2.24) is 25.1 Å². The lowest BCUT2D eigenvalue weighted by Gasteiger charge is -2.39. The predicted octanol–water partition coefficient (Wildman–Crippen LogP) is 3.14. The van der Waals surface area contributed by atoms with E-state index in [2.05, 4.69) is 15.6 Å². The molecule has 3 aromatic carbocycles. The molecule has 4 aromatic rings. The largest absolute Gasteiger partial charge is 0.493 e. The fourth-order valence-electron chi connectivity index (χ4n) is 5.74. The summed E-state index contributed by atoms with van der Waals surface area (Å²) in [5.74, 6) is -0.243. The molecule has 6 rings (SSSR count). The number of amides is 3. The molecule has 3 amide bonds. The summed E-state index contributed by atoms with van der Waals surface area (Å²) in [5.41, 5.74) is 3.47. The molecule has 3 heterocycles. The monoisotopic (exact) mass is 615 g/mol. The van der Waals surface area contributed by atoms with Gasteiger partial charge in [-0.3, -0.25) is 14.4 Å². The number of nitrogens with zero attached hydrogens (tertiary/aromatic N) is 3. The van der Waals surface area contributed by atoms with Crippen LogP contribution < -0.4 is 24.8 Å². The number of halogens is 1. The Balaban J connectivity index is 1.27. The van der Waals surface area contributed by atoms with Crippen molar-refractivity contribution in [3.05, 3.63) is 83.4 Å². The molecule has 2 aliphatic rings. The lowest BCUT2D eigenvalue weighted by atomic mass is 10.00. The highest BCUT2D eigenvalue weighted by Crippen LogP contribution is 2.29. The lowest BCUT2D eigenvalue weighted by Crippen LogP contribution is -2.58. The van der Waals surface area contributed by atoms with Crippen LogP contribution in [0.5, 0.6) is 17.2 Å². The van der Waals surface area contributed by atoms with Crippen LogP contribution in [0.4, 0.5) is 4.39 Å². The maximum atomic E-state index is 14.6. The van der Waals surface area contributed by atoms with E-state index >= 15 is 0 Å². The van der Waals surface area contributed by atoms with Crippen molar-refractivity contribution >= 4 is 28.8 Å². The summed E-state index contributed by atoms with van der Waals surface area (Å²) in [5, 5.41) is 5.81. The van der Waals surface area contributed by atoms with Gasteiger partial charge in [-0.1, -0.05) is 6.07 Å². The first-order chi connectivity index (χ1) is 21.7. The predicted molar refractivity (Wildman–Crippen MR) is 163 cm³/mol. The van der Waals surface area contributed by atoms with Crippen molar-refractivity contribution in [2.75, 3.05) is 26.8 Å². The van der Waals surface area contributed by atoms with Crippen molar-refractivity contribution in [3.63, 3.8) is 0 Å². The van der Waals surface area contributed by atoms with Gasteiger partial charge in [0.15, 0.2) is 18.1 Å². The van der Waals surface area contributed by atoms with E-state index in [1.807, 2.05) is 23.7 Å². The van der Waals surface area contributed by atoms with Crippen molar-refractivity contribution in [2.45, 2.75) is 38.0 Å². The second kappa shape index (κ2) is 12.8. The average molecular weight is 616 g/mol. The van der Waals surface area contributed by atoms with Crippen LogP contribution >= 0.6 is 0 Å². The molecule has 1 aromatic heterocycles. The molecule has 1 fully saturated rings. The van der Waals surface area contributed by atoms with Crippen molar-refractivity contribution in [2.24, 2.45) is 7.05 Å². The summed E-state index contributed by atoms with van der Waals surface area (Å²) in [7, 11) is 3.39. The minimum Gasteiger partial charge on any atom is -0.493 e. The number of nitrogens with one attached hydrogen (secondary N) is 2. The Morgan fingerprint density at radius 1 is 1.04 bits per heavy atom. The van der Waals surface area contributed by atoms with Gasteiger partial charge in [-0.2, -0.15) is 0 Å². The van der Waals surface area contributed by atoms with Crippen molar-refractivity contribution in [3.8, 4) is 17.2 Å². The van der Waals surface area contributed by atoms with E-state index in [9.17, 15) is 18.8 Å². The molecule has 1 saturated heterocycles. The third-order valence-corrected chi connectivity index (χ3v) is 8.09. The van der Waals surface area contributed by atoms with E-state index in [1.165, 1.54) is 19.2 Å². The molecule has 234 valence electrons. The number of piperidine rings is 1. The van der Waals surface area contributed by atoms with Crippen LogP contribution in [0.1, 0.15) is 34.3 Å². The second-order valence-corrected chi connectivity index (χ2v) is 11.3. The summed E-state index contributed by atoms with van der Waals surface area (Å²) in [6.45, 7) is 0.316. The number of hydrogen-bond donors (Lipinski definition) is 2. The van der Waals surface area contributed by atoms with Crippen LogP contribution in [0.3, 0.4) is 0 Å². The van der Waals surface area contributed by atoms with Crippen LogP contribution in [0.25, 0.3) is 11.0 Å². The molecular formula is C33H34FN5O6. The van der Waals surface area contributed by atoms with E-state index in [0.29, 0.717) is 47.5 Å². The van der Waals surface area contributed by atoms with Crippen LogP contribution in [0.2, 0.25) is 0 Å². The van der Waals surface area contributed by atoms with Gasteiger partial charge in [0.1, 0.15) is 17.7 Å². The second-order valence-electron chi connectivity index (χ2n) is 11.3. The Kier molecular flexibility index (Phi) is 8.54. The average Bonchev–Trinajstić information content (AvgIpc) is 3.41. The third-order valence-electron chi connectivity index (χ3n) is 8.09. The molecule has 12 heteroatoms. The van der Waals surface area contributed by atoms with Crippen LogP contribution in [0.15, 0.2) is 60.9 Å². The van der Waals surface area contributed by atoms with E-state index in [1.54, 1.807) is 41.6 Å². The molecule has 0 unspecified atom stereocenters. The van der Waals surface area contributed by atoms with Crippen LogP contribution in [-0.2, 0) is 29.6 Å². The maximum Gasteiger partial charge on any atom is 0.258 e. The number of carbonyl (C=O) groups is 3. The Morgan fingerprint density at radius 3 is 2.76 bits per heavy atom. The topological polar surface area (TPSA) is 124 Å². The standard InChI is InChI=1S/C33H34FN5O6/c1-38-19-36-25-14-22(5-6-27(25)38)33(42)39-10-9-28-26(17-39)37-32(41)18-44-30-13-20(3-7-29(30)43-2)4-8-31(40)35-16-21-11-23(34)15-24(12-21)45-28/h3,5-7,11-15,19,26,28H,4,8-10,16-18H2,1-2H3,(H,35,40)(H,37,41)/t26-,28-/m1/s1. The molecule has 2 aliphatic heterocycles. The molecule has 2 atom stereocenters. The number of ether oxygens (including phenoxy) is 3. The third kappa shape index (κ3) is 6.84. The number of imidazole rings is 1. The normalized spacial score (nSPS) is 19.2. The van der Waals surface area contributed by atoms with Crippen LogP contribution in [-0.4, -0.2) is 71.1 Å². The fourth-order valence-corrected chi connectivity index (χ4v) is 5.74. The minimum atomic E-state index is -0.629. The van der Waals surface area contributed by atoms with Gasteiger partial charge in [0.25, 0.3) is 11.8 Å². The number of benzene rings is 3. The number of methoxy groups -OCH3 is 1. The highest BCUT2D eigenvalue weighted by Gasteiger charge is 2.35. The Morgan fingerprint density at radius 2 is 1.91 bits per heavy atom. The zero-order valence-corrected chi connectivity index (χ0v) is 25.0. The molecule has 2 N–H and O–H groups in total. The molecule has 0 radical (unpaired) electrons. The Bertz CT molecular complexity index is 1760. The van der Waals surface area contributed by atoms with Crippen molar-refractivity contribution < 1.29 is 33.0 Å². The van der Waals surface area contributed by atoms with Gasteiger partial charge < -0.3 is 34.3 Å². The molecule has 11 nitrogen and oxygen atoms in total. The first kappa shape index (κ1) is 29.9. The molecule has 45 heavy (non-hydrogen) atoms. The Labute approximate surface area is 259 Å². The highest BCUT2D eigenvalue weighted by atomic mass is 19.1. The smallest absolute Gasteiger partial charge is 0.258 e. The fraction of sp³-hybridized carbons (Fsp3) is 0.333. The molecule has 0 spiro atoms. The van der Waals surface area contributed by atoms with Gasteiger partial charge in [0.2, 0.25) is 5.91 Å². The summed E-state index contributed by atoms with van der Waals surface area (Å²) < 4.78 is 34.0. The summed E-state index contributed by atoms with van der Waals surface area (Å²) in [4.78, 5) is 45.4. The van der Waals surface area contributed by atoms with Gasteiger partial charge in [-0.05, 0) is 60.0 Å². The van der Waals surface area contributed by atoms with E-state index in [4.69, 9.17) is 14.2 Å². The first-order valence-electron chi connectivity index (χ1n) is 14.8. The quantitative estimate of drug-likeness (QED) is 0.355. The van der Waals surface area contributed by atoms with E-state index in [0.717, 1.165) is 11.1 Å². The highest BCUT2D eigenvalue weighted by molar-refractivity contribution is 5.97. The van der Waals surface area contributed by atoms with Crippen LogP contribution in [0, 0.1) is 5.82 Å². The molecular weight excluding hydrogens is 581 g/mol. The number of carbonyl (C=O) groups excluding carboxylic acids is 3. The summed E-state index contributed by atoms with van der Waals surface area (Å²) in [6, 6.07) is 14.3.